The van der Waals surface area contributed by atoms with Crippen LogP contribution >= 0.6 is 0 Å². The zero-order chi connectivity index (χ0) is 12.4. The number of hydrogen-bond acceptors (Lipinski definition) is 3. The molecule has 2 aliphatic rings. The van der Waals surface area contributed by atoms with E-state index in [4.69, 9.17) is 4.74 Å². The van der Waals surface area contributed by atoms with Crippen molar-refractivity contribution in [3.8, 4) is 0 Å². The highest BCUT2D eigenvalue weighted by Gasteiger charge is 2.35. The van der Waals surface area contributed by atoms with Crippen LogP contribution in [0.3, 0.4) is 0 Å². The van der Waals surface area contributed by atoms with Gasteiger partial charge < -0.3 is 9.84 Å². The fraction of sp³-hybridized carbons (Fsp3) is 0.600. The van der Waals surface area contributed by atoms with Gasteiger partial charge in [-0.2, -0.15) is 0 Å². The van der Waals surface area contributed by atoms with Gasteiger partial charge in [-0.25, -0.2) is 0 Å². The normalized spacial score (nSPS) is 28.3. The monoisotopic (exact) mass is 247 g/mol. The summed E-state index contributed by atoms with van der Waals surface area (Å²) in [6.45, 7) is 2.73. The third-order valence-corrected chi connectivity index (χ3v) is 4.19. The van der Waals surface area contributed by atoms with Gasteiger partial charge in [0.2, 0.25) is 0 Å². The average Bonchev–Trinajstić information content (AvgIpc) is 2.59. The van der Waals surface area contributed by atoms with Gasteiger partial charge in [0.05, 0.1) is 19.3 Å². The number of morpholine rings is 1. The lowest BCUT2D eigenvalue weighted by atomic mass is 9.96. The zero-order valence-corrected chi connectivity index (χ0v) is 10.7. The van der Waals surface area contributed by atoms with Crippen molar-refractivity contribution in [1.29, 1.82) is 0 Å². The number of aliphatic hydroxyl groups excluding tert-OH is 1. The van der Waals surface area contributed by atoms with E-state index in [0.29, 0.717) is 6.04 Å². The third kappa shape index (κ3) is 2.18. The molecule has 1 heterocycles. The van der Waals surface area contributed by atoms with Crippen LogP contribution < -0.4 is 0 Å². The minimum absolute atomic E-state index is 0.198. The molecule has 1 aromatic rings. The SMILES string of the molecule is OCCN1CCO[C@@H]2c3ccccc3CCC[C@H]21. The van der Waals surface area contributed by atoms with Crippen molar-refractivity contribution in [2.75, 3.05) is 26.3 Å². The van der Waals surface area contributed by atoms with Gasteiger partial charge in [-0.1, -0.05) is 24.3 Å². The molecule has 0 aromatic heterocycles. The van der Waals surface area contributed by atoms with E-state index in [1.54, 1.807) is 0 Å². The van der Waals surface area contributed by atoms with Crippen molar-refractivity contribution in [2.45, 2.75) is 31.4 Å². The summed E-state index contributed by atoms with van der Waals surface area (Å²) in [5.74, 6) is 0. The van der Waals surface area contributed by atoms with Gasteiger partial charge >= 0.3 is 0 Å². The van der Waals surface area contributed by atoms with Gasteiger partial charge in [0.15, 0.2) is 0 Å². The topological polar surface area (TPSA) is 32.7 Å². The number of hydrogen-bond donors (Lipinski definition) is 1. The second-order valence-electron chi connectivity index (χ2n) is 5.21. The Hall–Kier alpha value is -0.900. The van der Waals surface area contributed by atoms with Crippen LogP contribution in [-0.2, 0) is 11.2 Å². The minimum atomic E-state index is 0.198. The summed E-state index contributed by atoms with van der Waals surface area (Å²) in [6, 6.07) is 9.10. The molecule has 1 aliphatic heterocycles. The van der Waals surface area contributed by atoms with Gasteiger partial charge in [-0.15, -0.1) is 0 Å². The first-order chi connectivity index (χ1) is 8.90. The molecule has 1 aliphatic carbocycles. The molecule has 3 heteroatoms. The molecule has 0 amide bonds. The Morgan fingerprint density at radius 1 is 1.33 bits per heavy atom. The summed E-state index contributed by atoms with van der Waals surface area (Å²) in [7, 11) is 0. The van der Waals surface area contributed by atoms with Gasteiger partial charge in [0.1, 0.15) is 0 Å². The van der Waals surface area contributed by atoms with Crippen LogP contribution in [0, 0.1) is 0 Å². The Kier molecular flexibility index (Phi) is 3.64. The van der Waals surface area contributed by atoms with E-state index in [0.717, 1.165) is 26.1 Å². The molecule has 98 valence electrons. The van der Waals surface area contributed by atoms with E-state index in [-0.39, 0.29) is 12.7 Å². The molecular weight excluding hydrogens is 226 g/mol. The highest BCUT2D eigenvalue weighted by molar-refractivity contribution is 5.32. The number of fused-ring (bicyclic) bond motifs is 3. The van der Waals surface area contributed by atoms with Crippen molar-refractivity contribution in [3.63, 3.8) is 0 Å². The third-order valence-electron chi connectivity index (χ3n) is 4.19. The van der Waals surface area contributed by atoms with Crippen molar-refractivity contribution >= 4 is 0 Å². The van der Waals surface area contributed by atoms with Gasteiger partial charge in [0.25, 0.3) is 0 Å². The summed E-state index contributed by atoms with van der Waals surface area (Å²) in [6.07, 6.45) is 3.73. The first kappa shape index (κ1) is 12.2. The lowest BCUT2D eigenvalue weighted by Gasteiger charge is -2.40. The molecule has 18 heavy (non-hydrogen) atoms. The molecule has 1 N–H and O–H groups in total. The number of rotatable bonds is 2. The molecule has 1 aromatic carbocycles. The minimum Gasteiger partial charge on any atom is -0.395 e. The molecule has 3 nitrogen and oxygen atoms in total. The Morgan fingerprint density at radius 3 is 3.11 bits per heavy atom. The maximum Gasteiger partial charge on any atom is 0.0983 e. The maximum absolute atomic E-state index is 9.19. The number of aliphatic hydroxyl groups is 1. The molecule has 2 atom stereocenters. The Balaban J connectivity index is 1.91. The first-order valence-electron chi connectivity index (χ1n) is 6.94. The van der Waals surface area contributed by atoms with E-state index < -0.39 is 0 Å². The van der Waals surface area contributed by atoms with E-state index in [2.05, 4.69) is 29.2 Å². The fourth-order valence-corrected chi connectivity index (χ4v) is 3.34. The fourth-order valence-electron chi connectivity index (χ4n) is 3.34. The zero-order valence-electron chi connectivity index (χ0n) is 10.7. The molecule has 0 saturated carbocycles. The number of β-amino-alcohol motifs (C(OH)–C–C–N with tert-alkyl or cyclic N) is 1. The molecule has 0 spiro atoms. The van der Waals surface area contributed by atoms with Gasteiger partial charge in [0, 0.05) is 19.1 Å². The Labute approximate surface area is 108 Å². The maximum atomic E-state index is 9.19. The van der Waals surface area contributed by atoms with Crippen LogP contribution in [0.5, 0.6) is 0 Å². The highest BCUT2D eigenvalue weighted by atomic mass is 16.5. The van der Waals surface area contributed by atoms with Gasteiger partial charge in [-0.05, 0) is 30.4 Å². The van der Waals surface area contributed by atoms with Crippen LogP contribution in [0.15, 0.2) is 24.3 Å². The molecule has 1 saturated heterocycles. The highest BCUT2D eigenvalue weighted by Crippen LogP contribution is 2.36. The predicted molar refractivity (Wildman–Crippen MR) is 70.5 cm³/mol. The summed E-state index contributed by atoms with van der Waals surface area (Å²) in [5, 5.41) is 9.19. The van der Waals surface area contributed by atoms with Crippen molar-refractivity contribution in [1.82, 2.24) is 4.90 Å². The summed E-state index contributed by atoms with van der Waals surface area (Å²) in [5.41, 5.74) is 2.80. The van der Waals surface area contributed by atoms with Crippen molar-refractivity contribution < 1.29 is 9.84 Å². The Bertz CT molecular complexity index is 405. The average molecular weight is 247 g/mol. The van der Waals surface area contributed by atoms with Crippen LogP contribution in [0.4, 0.5) is 0 Å². The number of benzene rings is 1. The lowest BCUT2D eigenvalue weighted by molar-refractivity contribution is -0.0780. The smallest absolute Gasteiger partial charge is 0.0983 e. The lowest BCUT2D eigenvalue weighted by Crippen LogP contribution is -2.47. The molecule has 1 fully saturated rings. The number of nitrogens with zero attached hydrogens (tertiary/aromatic N) is 1. The molecular formula is C15H21NO2. The predicted octanol–water partition coefficient (Wildman–Crippen LogP) is 1.76. The Morgan fingerprint density at radius 2 is 2.22 bits per heavy atom. The van der Waals surface area contributed by atoms with Crippen LogP contribution in [0.25, 0.3) is 0 Å². The van der Waals surface area contributed by atoms with Gasteiger partial charge in [-0.3, -0.25) is 4.90 Å². The molecule has 3 rings (SSSR count). The van der Waals surface area contributed by atoms with E-state index in [1.807, 2.05) is 0 Å². The van der Waals surface area contributed by atoms with Crippen LogP contribution in [0.1, 0.15) is 30.1 Å². The largest absolute Gasteiger partial charge is 0.395 e. The van der Waals surface area contributed by atoms with Crippen molar-refractivity contribution in [2.24, 2.45) is 0 Å². The summed E-state index contributed by atoms with van der Waals surface area (Å²) < 4.78 is 6.04. The molecule has 0 radical (unpaired) electrons. The summed E-state index contributed by atoms with van der Waals surface area (Å²) >= 11 is 0. The van der Waals surface area contributed by atoms with Crippen LogP contribution in [0.2, 0.25) is 0 Å². The number of ether oxygens (including phenoxy) is 1. The summed E-state index contributed by atoms with van der Waals surface area (Å²) in [4.78, 5) is 2.40. The second kappa shape index (κ2) is 5.39. The molecule has 0 unspecified atom stereocenters. The van der Waals surface area contributed by atoms with E-state index >= 15 is 0 Å². The quantitative estimate of drug-likeness (QED) is 0.864. The van der Waals surface area contributed by atoms with E-state index in [1.165, 1.54) is 24.0 Å². The standard InChI is InChI=1S/C15H21NO2/c17-10-8-16-9-11-18-15-13-6-2-1-4-12(13)5-3-7-14(15)16/h1-2,4,6,14-15,17H,3,5,7-11H2/t14-,15-/m1/s1. The van der Waals surface area contributed by atoms with E-state index in [9.17, 15) is 5.11 Å². The van der Waals surface area contributed by atoms with Crippen molar-refractivity contribution in [3.05, 3.63) is 35.4 Å². The molecule has 0 bridgehead atoms. The first-order valence-corrected chi connectivity index (χ1v) is 6.94. The second-order valence-corrected chi connectivity index (χ2v) is 5.21. The van der Waals surface area contributed by atoms with Crippen LogP contribution in [-0.4, -0.2) is 42.4 Å². The number of aryl methyl sites for hydroxylation is 1.